The summed E-state index contributed by atoms with van der Waals surface area (Å²) in [4.78, 5) is 41.2. The second-order valence-electron chi connectivity index (χ2n) is 9.34. The van der Waals surface area contributed by atoms with Gasteiger partial charge in [-0.25, -0.2) is 4.79 Å². The molecule has 0 spiro atoms. The summed E-state index contributed by atoms with van der Waals surface area (Å²) in [6.45, 7) is 8.16. The molecule has 1 aliphatic heterocycles. The Morgan fingerprint density at radius 1 is 1.00 bits per heavy atom. The molecule has 1 amide bonds. The molecule has 0 saturated heterocycles. The summed E-state index contributed by atoms with van der Waals surface area (Å²) < 4.78 is 11.1. The van der Waals surface area contributed by atoms with Gasteiger partial charge in [-0.2, -0.15) is 0 Å². The molecule has 1 aliphatic rings. The molecular formula is C30H27NO5. The third kappa shape index (κ3) is 3.88. The van der Waals surface area contributed by atoms with Crippen molar-refractivity contribution < 1.29 is 18.7 Å². The van der Waals surface area contributed by atoms with Gasteiger partial charge in [0.05, 0.1) is 29.2 Å². The Morgan fingerprint density at radius 2 is 1.69 bits per heavy atom. The SMILES string of the molecule is CCOC(=O)c1ccc(N2C(=O)c3oc4ccc(C)cc4c(=O)c3C2c2ccc(C(C)C)cc2)cc1. The standard InChI is InChI=1S/C30H27NO5/c1-5-35-30(34)21-11-13-22(14-12-21)31-26(20-9-7-19(8-10-20)17(2)3)25-27(32)23-16-18(4)6-15-24(23)36-28(25)29(31)33/h6-17,26H,5H2,1-4H3. The van der Waals surface area contributed by atoms with Gasteiger partial charge in [-0.1, -0.05) is 49.7 Å². The molecule has 2 heterocycles. The highest BCUT2D eigenvalue weighted by Crippen LogP contribution is 2.41. The molecule has 0 radical (unpaired) electrons. The highest BCUT2D eigenvalue weighted by molar-refractivity contribution is 6.10. The van der Waals surface area contributed by atoms with E-state index in [1.165, 1.54) is 0 Å². The van der Waals surface area contributed by atoms with E-state index < -0.39 is 17.9 Å². The van der Waals surface area contributed by atoms with Crippen molar-refractivity contribution in [2.45, 2.75) is 39.7 Å². The van der Waals surface area contributed by atoms with E-state index in [0.29, 0.717) is 33.7 Å². The second-order valence-corrected chi connectivity index (χ2v) is 9.34. The van der Waals surface area contributed by atoms with Crippen LogP contribution < -0.4 is 10.3 Å². The summed E-state index contributed by atoms with van der Waals surface area (Å²) in [6.07, 6.45) is 0. The Balaban J connectivity index is 1.69. The zero-order valence-corrected chi connectivity index (χ0v) is 20.7. The minimum Gasteiger partial charge on any atom is -0.462 e. The number of carbonyl (C=O) groups excluding carboxylic acids is 2. The molecule has 6 heteroatoms. The van der Waals surface area contributed by atoms with Gasteiger partial charge in [0.2, 0.25) is 5.76 Å². The van der Waals surface area contributed by atoms with E-state index in [2.05, 4.69) is 13.8 Å². The van der Waals surface area contributed by atoms with E-state index in [4.69, 9.17) is 9.15 Å². The molecule has 4 aromatic rings. The van der Waals surface area contributed by atoms with Crippen molar-refractivity contribution in [2.75, 3.05) is 11.5 Å². The number of rotatable bonds is 5. The highest BCUT2D eigenvalue weighted by atomic mass is 16.5. The van der Waals surface area contributed by atoms with Gasteiger partial charge in [-0.3, -0.25) is 14.5 Å². The van der Waals surface area contributed by atoms with Gasteiger partial charge in [0.25, 0.3) is 5.91 Å². The van der Waals surface area contributed by atoms with Crippen molar-refractivity contribution >= 4 is 28.5 Å². The largest absolute Gasteiger partial charge is 0.462 e. The first-order chi connectivity index (χ1) is 17.3. The summed E-state index contributed by atoms with van der Waals surface area (Å²) in [5.74, 6) is -0.436. The molecule has 36 heavy (non-hydrogen) atoms. The number of nitrogens with zero attached hydrogens (tertiary/aromatic N) is 1. The molecule has 0 aliphatic carbocycles. The Morgan fingerprint density at radius 3 is 2.33 bits per heavy atom. The van der Waals surface area contributed by atoms with Crippen molar-refractivity contribution in [3.8, 4) is 0 Å². The van der Waals surface area contributed by atoms with Gasteiger partial charge in [-0.05, 0) is 67.3 Å². The van der Waals surface area contributed by atoms with E-state index >= 15 is 0 Å². The van der Waals surface area contributed by atoms with Crippen LogP contribution in [0.3, 0.4) is 0 Å². The lowest BCUT2D eigenvalue weighted by atomic mass is 9.95. The fraction of sp³-hybridized carbons (Fsp3) is 0.233. The van der Waals surface area contributed by atoms with Gasteiger partial charge in [0, 0.05) is 5.69 Å². The molecule has 5 rings (SSSR count). The van der Waals surface area contributed by atoms with Gasteiger partial charge in [0.1, 0.15) is 5.58 Å². The third-order valence-electron chi connectivity index (χ3n) is 6.60. The molecular weight excluding hydrogens is 454 g/mol. The summed E-state index contributed by atoms with van der Waals surface area (Å²) in [5.41, 5.74) is 4.33. The number of fused-ring (bicyclic) bond motifs is 2. The molecule has 1 atom stereocenters. The number of esters is 1. The molecule has 1 aromatic heterocycles. The van der Waals surface area contributed by atoms with Crippen molar-refractivity contribution in [1.29, 1.82) is 0 Å². The maximum Gasteiger partial charge on any atom is 0.338 e. The summed E-state index contributed by atoms with van der Waals surface area (Å²) in [7, 11) is 0. The van der Waals surface area contributed by atoms with Gasteiger partial charge in [0.15, 0.2) is 5.43 Å². The van der Waals surface area contributed by atoms with Crippen LogP contribution in [0, 0.1) is 6.92 Å². The fourth-order valence-corrected chi connectivity index (χ4v) is 4.70. The molecule has 0 fully saturated rings. The quantitative estimate of drug-likeness (QED) is 0.320. The predicted octanol–water partition coefficient (Wildman–Crippen LogP) is 6.15. The predicted molar refractivity (Wildman–Crippen MR) is 139 cm³/mol. The van der Waals surface area contributed by atoms with Crippen LogP contribution in [-0.4, -0.2) is 18.5 Å². The van der Waals surface area contributed by atoms with E-state index in [-0.39, 0.29) is 17.8 Å². The number of aryl methyl sites for hydroxylation is 1. The molecule has 1 unspecified atom stereocenters. The Hall–Kier alpha value is -4.19. The van der Waals surface area contributed by atoms with Crippen LogP contribution >= 0.6 is 0 Å². The minimum absolute atomic E-state index is 0.0451. The molecule has 0 N–H and O–H groups in total. The molecule has 6 nitrogen and oxygen atoms in total. The van der Waals surface area contributed by atoms with Crippen molar-refractivity contribution in [3.63, 3.8) is 0 Å². The number of hydrogen-bond acceptors (Lipinski definition) is 5. The molecule has 3 aromatic carbocycles. The number of anilines is 1. The lowest BCUT2D eigenvalue weighted by Crippen LogP contribution is -2.29. The third-order valence-corrected chi connectivity index (χ3v) is 6.60. The van der Waals surface area contributed by atoms with Crippen molar-refractivity contribution in [2.24, 2.45) is 0 Å². The van der Waals surface area contributed by atoms with E-state index in [9.17, 15) is 14.4 Å². The lowest BCUT2D eigenvalue weighted by molar-refractivity contribution is 0.0526. The zero-order chi connectivity index (χ0) is 25.6. The van der Waals surface area contributed by atoms with Crippen LogP contribution in [0.2, 0.25) is 0 Å². The van der Waals surface area contributed by atoms with Crippen LogP contribution in [0.1, 0.15) is 75.9 Å². The summed E-state index contributed by atoms with van der Waals surface area (Å²) >= 11 is 0. The van der Waals surface area contributed by atoms with Gasteiger partial charge in [-0.15, -0.1) is 0 Å². The van der Waals surface area contributed by atoms with E-state index in [0.717, 1.165) is 16.7 Å². The normalized spacial score (nSPS) is 15.0. The lowest BCUT2D eigenvalue weighted by Gasteiger charge is -2.25. The number of amides is 1. The van der Waals surface area contributed by atoms with Crippen LogP contribution in [0.5, 0.6) is 0 Å². The first-order valence-electron chi connectivity index (χ1n) is 12.1. The smallest absolute Gasteiger partial charge is 0.338 e. The number of carbonyl (C=O) groups is 2. The van der Waals surface area contributed by atoms with Gasteiger partial charge < -0.3 is 9.15 Å². The minimum atomic E-state index is -0.664. The highest BCUT2D eigenvalue weighted by Gasteiger charge is 2.43. The van der Waals surface area contributed by atoms with E-state index in [1.807, 2.05) is 37.3 Å². The van der Waals surface area contributed by atoms with Crippen molar-refractivity contribution in [3.05, 3.63) is 111 Å². The Kier molecular flexibility index (Phi) is 5.96. The maximum atomic E-state index is 13.8. The van der Waals surface area contributed by atoms with Gasteiger partial charge >= 0.3 is 5.97 Å². The van der Waals surface area contributed by atoms with Crippen LogP contribution in [0.4, 0.5) is 5.69 Å². The van der Waals surface area contributed by atoms with Crippen molar-refractivity contribution in [1.82, 2.24) is 0 Å². The first-order valence-corrected chi connectivity index (χ1v) is 12.1. The Labute approximate surface area is 209 Å². The fourth-order valence-electron chi connectivity index (χ4n) is 4.70. The molecule has 0 bridgehead atoms. The second kappa shape index (κ2) is 9.11. The van der Waals surface area contributed by atoms with Crippen LogP contribution in [0.15, 0.2) is 75.9 Å². The van der Waals surface area contributed by atoms with Crippen LogP contribution in [-0.2, 0) is 4.74 Å². The number of hydrogen-bond donors (Lipinski definition) is 0. The first kappa shape index (κ1) is 23.5. The van der Waals surface area contributed by atoms with Crippen LogP contribution in [0.25, 0.3) is 11.0 Å². The molecule has 0 saturated carbocycles. The Bertz CT molecular complexity index is 1530. The average Bonchev–Trinajstić information content (AvgIpc) is 3.17. The number of benzene rings is 3. The number of ether oxygens (including phenoxy) is 1. The average molecular weight is 482 g/mol. The zero-order valence-electron chi connectivity index (χ0n) is 20.7. The topological polar surface area (TPSA) is 76.8 Å². The monoisotopic (exact) mass is 481 g/mol. The molecule has 182 valence electrons. The summed E-state index contributed by atoms with van der Waals surface area (Å²) in [5, 5.41) is 0.449. The summed E-state index contributed by atoms with van der Waals surface area (Å²) in [6, 6.07) is 19.3. The van der Waals surface area contributed by atoms with E-state index in [1.54, 1.807) is 48.2 Å². The maximum absolute atomic E-state index is 13.8.